The Hall–Kier alpha value is -2.51. The molecule has 0 atom stereocenters. The summed E-state index contributed by atoms with van der Waals surface area (Å²) >= 11 is 0. The van der Waals surface area contributed by atoms with E-state index in [1.807, 2.05) is 30.3 Å². The van der Waals surface area contributed by atoms with Gasteiger partial charge in [-0.1, -0.05) is 30.3 Å². The number of benzene rings is 2. The van der Waals surface area contributed by atoms with E-state index in [1.54, 1.807) is 18.2 Å². The third-order valence-corrected chi connectivity index (χ3v) is 5.34. The average molecular weight is 374 g/mol. The van der Waals surface area contributed by atoms with Crippen molar-refractivity contribution in [3.05, 3.63) is 59.7 Å². The Kier molecular flexibility index (Phi) is 6.28. The average Bonchev–Trinajstić information content (AvgIpc) is 2.61. The fourth-order valence-corrected chi connectivity index (χ4v) is 2.75. The van der Waals surface area contributed by atoms with Gasteiger partial charge in [0.25, 0.3) is 5.91 Å². The molecular formula is C19H22N2O4S. The molecule has 0 fully saturated rings. The van der Waals surface area contributed by atoms with Crippen molar-refractivity contribution >= 4 is 21.7 Å². The van der Waals surface area contributed by atoms with Crippen molar-refractivity contribution in [2.75, 3.05) is 26.4 Å². The number of ketones is 1. The van der Waals surface area contributed by atoms with Crippen LogP contribution in [0.25, 0.3) is 11.1 Å². The molecule has 0 aliphatic heterocycles. The topological polar surface area (TPSA) is 83.6 Å². The van der Waals surface area contributed by atoms with Crippen LogP contribution in [0.2, 0.25) is 0 Å². The van der Waals surface area contributed by atoms with Crippen molar-refractivity contribution in [1.29, 1.82) is 0 Å². The van der Waals surface area contributed by atoms with Crippen molar-refractivity contribution in [3.8, 4) is 11.1 Å². The van der Waals surface area contributed by atoms with Crippen LogP contribution in [0.1, 0.15) is 27.6 Å². The molecule has 0 unspecified atom stereocenters. The van der Waals surface area contributed by atoms with Crippen molar-refractivity contribution in [2.24, 2.45) is 0 Å². The van der Waals surface area contributed by atoms with Crippen LogP contribution in [0.4, 0.5) is 0 Å². The maximum atomic E-state index is 12.1. The third-order valence-electron chi connectivity index (χ3n) is 4.03. The number of carbonyl (C=O) groups excluding carboxylic acids is 2. The van der Waals surface area contributed by atoms with Crippen LogP contribution in [0.5, 0.6) is 0 Å². The maximum Gasteiger partial charge on any atom is 0.251 e. The molecular weight excluding hydrogens is 352 g/mol. The van der Waals surface area contributed by atoms with E-state index in [9.17, 15) is 18.0 Å². The standard InChI is InChI=1S/C19H22N2O4S/c1-14(22)17-5-4-6-18(13-17)15-7-9-16(10-8-15)19(23)20-11-12-21(2)26(3,24)25/h4-10,13H,11-12H2,1-3H3,(H,20,23). The third kappa shape index (κ3) is 5.24. The second kappa shape index (κ2) is 8.25. The van der Waals surface area contributed by atoms with Crippen molar-refractivity contribution in [1.82, 2.24) is 9.62 Å². The molecule has 0 saturated carbocycles. The molecule has 0 spiro atoms. The van der Waals surface area contributed by atoms with E-state index >= 15 is 0 Å². The monoisotopic (exact) mass is 374 g/mol. The van der Waals surface area contributed by atoms with Gasteiger partial charge in [-0.3, -0.25) is 9.59 Å². The maximum absolute atomic E-state index is 12.1. The van der Waals surface area contributed by atoms with Gasteiger partial charge in [0.1, 0.15) is 0 Å². The number of hydrogen-bond acceptors (Lipinski definition) is 4. The highest BCUT2D eigenvalue weighted by atomic mass is 32.2. The molecule has 2 aromatic rings. The Morgan fingerprint density at radius 1 is 1.00 bits per heavy atom. The van der Waals surface area contributed by atoms with Crippen LogP contribution in [-0.2, 0) is 10.0 Å². The normalized spacial score (nSPS) is 11.4. The number of amides is 1. The zero-order chi connectivity index (χ0) is 19.3. The number of nitrogens with zero attached hydrogens (tertiary/aromatic N) is 1. The van der Waals surface area contributed by atoms with Gasteiger partial charge in [-0.25, -0.2) is 12.7 Å². The lowest BCUT2D eigenvalue weighted by atomic mass is 10.0. The molecule has 1 N–H and O–H groups in total. The van der Waals surface area contributed by atoms with Gasteiger partial charge in [0.2, 0.25) is 10.0 Å². The molecule has 2 rings (SSSR count). The number of likely N-dealkylation sites (N-methyl/N-ethyl adjacent to an activating group) is 1. The van der Waals surface area contributed by atoms with Gasteiger partial charge in [-0.05, 0) is 36.2 Å². The fourth-order valence-electron chi connectivity index (χ4n) is 2.33. The minimum absolute atomic E-state index is 0.00177. The Morgan fingerprint density at radius 3 is 2.23 bits per heavy atom. The molecule has 6 nitrogen and oxygen atoms in total. The van der Waals surface area contributed by atoms with Crippen molar-refractivity contribution in [3.63, 3.8) is 0 Å². The number of sulfonamides is 1. The van der Waals surface area contributed by atoms with E-state index in [1.165, 1.54) is 18.3 Å². The summed E-state index contributed by atoms with van der Waals surface area (Å²) in [6.45, 7) is 1.96. The molecule has 0 aliphatic rings. The molecule has 1 amide bonds. The SMILES string of the molecule is CC(=O)c1cccc(-c2ccc(C(=O)NCCN(C)S(C)(=O)=O)cc2)c1. The second-order valence-corrected chi connectivity index (χ2v) is 8.14. The Morgan fingerprint density at radius 2 is 1.65 bits per heavy atom. The molecule has 138 valence electrons. The predicted octanol–water partition coefficient (Wildman–Crippen LogP) is 2.18. The van der Waals surface area contributed by atoms with Gasteiger partial charge < -0.3 is 5.32 Å². The molecule has 0 heterocycles. The van der Waals surface area contributed by atoms with Gasteiger partial charge in [0, 0.05) is 31.3 Å². The smallest absolute Gasteiger partial charge is 0.251 e. The Bertz CT molecular complexity index is 905. The summed E-state index contributed by atoms with van der Waals surface area (Å²) in [6.07, 6.45) is 1.12. The summed E-state index contributed by atoms with van der Waals surface area (Å²) in [7, 11) is -1.79. The minimum Gasteiger partial charge on any atom is -0.351 e. The number of carbonyl (C=O) groups is 2. The summed E-state index contributed by atoms with van der Waals surface area (Å²) in [4.78, 5) is 23.6. The van der Waals surface area contributed by atoms with Crippen LogP contribution in [-0.4, -0.2) is 50.8 Å². The number of rotatable bonds is 7. The van der Waals surface area contributed by atoms with E-state index in [0.29, 0.717) is 11.1 Å². The lowest BCUT2D eigenvalue weighted by Gasteiger charge is -2.14. The van der Waals surface area contributed by atoms with Gasteiger partial charge in [-0.2, -0.15) is 0 Å². The van der Waals surface area contributed by atoms with Crippen molar-refractivity contribution < 1.29 is 18.0 Å². The zero-order valence-electron chi connectivity index (χ0n) is 15.0. The minimum atomic E-state index is -3.25. The first-order chi connectivity index (χ1) is 12.2. The molecule has 26 heavy (non-hydrogen) atoms. The summed E-state index contributed by atoms with van der Waals surface area (Å²) in [5, 5.41) is 2.70. The number of hydrogen-bond donors (Lipinski definition) is 1. The second-order valence-electron chi connectivity index (χ2n) is 6.05. The lowest BCUT2D eigenvalue weighted by Crippen LogP contribution is -2.35. The van der Waals surface area contributed by atoms with E-state index in [-0.39, 0.29) is 24.8 Å². The lowest BCUT2D eigenvalue weighted by molar-refractivity contribution is 0.0951. The van der Waals surface area contributed by atoms with Gasteiger partial charge in [0.15, 0.2) is 5.78 Å². The molecule has 0 bridgehead atoms. The van der Waals surface area contributed by atoms with Crippen LogP contribution in [0.15, 0.2) is 48.5 Å². The van der Waals surface area contributed by atoms with Crippen LogP contribution in [0, 0.1) is 0 Å². The first kappa shape index (κ1) is 19.8. The largest absolute Gasteiger partial charge is 0.351 e. The molecule has 7 heteroatoms. The first-order valence-corrected chi connectivity index (χ1v) is 9.94. The highest BCUT2D eigenvalue weighted by Gasteiger charge is 2.11. The van der Waals surface area contributed by atoms with Crippen LogP contribution in [0.3, 0.4) is 0 Å². The quantitative estimate of drug-likeness (QED) is 0.753. The van der Waals surface area contributed by atoms with E-state index in [4.69, 9.17) is 0 Å². The van der Waals surface area contributed by atoms with Gasteiger partial charge >= 0.3 is 0 Å². The van der Waals surface area contributed by atoms with Crippen molar-refractivity contribution in [2.45, 2.75) is 6.92 Å². The zero-order valence-corrected chi connectivity index (χ0v) is 15.8. The Labute approximate surface area is 153 Å². The molecule has 0 radical (unpaired) electrons. The highest BCUT2D eigenvalue weighted by molar-refractivity contribution is 7.88. The predicted molar refractivity (Wildman–Crippen MR) is 102 cm³/mol. The van der Waals surface area contributed by atoms with E-state index in [2.05, 4.69) is 5.32 Å². The summed E-state index contributed by atoms with van der Waals surface area (Å²) in [6, 6.07) is 14.3. The van der Waals surface area contributed by atoms with Gasteiger partial charge in [-0.15, -0.1) is 0 Å². The number of Topliss-reactive ketones (excluding diaryl/α,β-unsaturated/α-hetero) is 1. The molecule has 0 saturated heterocycles. The number of nitrogens with one attached hydrogen (secondary N) is 1. The highest BCUT2D eigenvalue weighted by Crippen LogP contribution is 2.21. The summed E-state index contributed by atoms with van der Waals surface area (Å²) in [5.74, 6) is -0.266. The van der Waals surface area contributed by atoms with Crippen LogP contribution >= 0.6 is 0 Å². The first-order valence-electron chi connectivity index (χ1n) is 8.09. The van der Waals surface area contributed by atoms with Gasteiger partial charge in [0.05, 0.1) is 6.26 Å². The summed E-state index contributed by atoms with van der Waals surface area (Å²) < 4.78 is 23.8. The molecule has 0 aromatic heterocycles. The van der Waals surface area contributed by atoms with E-state index in [0.717, 1.165) is 17.4 Å². The van der Waals surface area contributed by atoms with Crippen LogP contribution < -0.4 is 5.32 Å². The van der Waals surface area contributed by atoms with E-state index < -0.39 is 10.0 Å². The Balaban J connectivity index is 2.02. The summed E-state index contributed by atoms with van der Waals surface area (Å²) in [5.41, 5.74) is 2.93. The molecule has 0 aliphatic carbocycles. The fraction of sp³-hybridized carbons (Fsp3) is 0.263. The molecule has 2 aromatic carbocycles.